The summed E-state index contributed by atoms with van der Waals surface area (Å²) in [6, 6.07) is 12.8. The fourth-order valence-corrected chi connectivity index (χ4v) is 2.44. The number of hydrogen-bond acceptors (Lipinski definition) is 2. The van der Waals surface area contributed by atoms with Crippen molar-refractivity contribution in [1.82, 2.24) is 15.1 Å². The zero-order valence-corrected chi connectivity index (χ0v) is 13.5. The Bertz CT molecular complexity index is 528. The van der Waals surface area contributed by atoms with Crippen LogP contribution in [0.5, 0.6) is 0 Å². The smallest absolute Gasteiger partial charge is 0.0522 e. The number of benzene rings is 1. The van der Waals surface area contributed by atoms with Gasteiger partial charge in [-0.1, -0.05) is 37.3 Å². The second-order valence-electron chi connectivity index (χ2n) is 6.27. The van der Waals surface area contributed by atoms with Gasteiger partial charge in [0.1, 0.15) is 0 Å². The van der Waals surface area contributed by atoms with Crippen molar-refractivity contribution in [3.8, 4) is 0 Å². The van der Waals surface area contributed by atoms with E-state index in [1.807, 2.05) is 6.20 Å². The second-order valence-corrected chi connectivity index (χ2v) is 6.27. The molecule has 3 nitrogen and oxygen atoms in total. The number of aryl methyl sites for hydroxylation is 2. The van der Waals surface area contributed by atoms with Crippen LogP contribution in [0.4, 0.5) is 0 Å². The average molecular weight is 285 g/mol. The molecule has 0 spiro atoms. The van der Waals surface area contributed by atoms with Crippen LogP contribution in [-0.4, -0.2) is 15.3 Å². The molecule has 2 aromatic rings. The van der Waals surface area contributed by atoms with Crippen LogP contribution in [0.2, 0.25) is 0 Å². The molecule has 1 N–H and O–H groups in total. The minimum absolute atomic E-state index is 0.122. The van der Waals surface area contributed by atoms with E-state index in [1.54, 1.807) is 0 Å². The van der Waals surface area contributed by atoms with Crippen molar-refractivity contribution in [2.45, 2.75) is 58.7 Å². The van der Waals surface area contributed by atoms with Gasteiger partial charge >= 0.3 is 0 Å². The lowest BCUT2D eigenvalue weighted by atomic mass is 9.95. The molecule has 0 radical (unpaired) electrons. The van der Waals surface area contributed by atoms with Gasteiger partial charge in [-0.25, -0.2) is 0 Å². The lowest BCUT2D eigenvalue weighted by Crippen LogP contribution is -2.39. The number of nitrogens with zero attached hydrogens (tertiary/aromatic N) is 2. The molecule has 0 bridgehead atoms. The van der Waals surface area contributed by atoms with Crippen molar-refractivity contribution in [3.05, 3.63) is 53.9 Å². The maximum Gasteiger partial charge on any atom is 0.0522 e. The molecule has 0 fully saturated rings. The fraction of sp³-hybridized carbons (Fsp3) is 0.500. The molecule has 21 heavy (non-hydrogen) atoms. The third-order valence-corrected chi connectivity index (χ3v) is 3.87. The van der Waals surface area contributed by atoms with E-state index in [-0.39, 0.29) is 5.54 Å². The fourth-order valence-electron chi connectivity index (χ4n) is 2.44. The van der Waals surface area contributed by atoms with E-state index in [1.165, 1.54) is 11.3 Å². The molecule has 1 heterocycles. The molecule has 0 amide bonds. The summed E-state index contributed by atoms with van der Waals surface area (Å²) >= 11 is 0. The lowest BCUT2D eigenvalue weighted by molar-refractivity contribution is 0.353. The van der Waals surface area contributed by atoms with Crippen molar-refractivity contribution in [2.75, 3.05) is 0 Å². The Morgan fingerprint density at radius 2 is 1.90 bits per heavy atom. The van der Waals surface area contributed by atoms with Gasteiger partial charge in [0.25, 0.3) is 0 Å². The largest absolute Gasteiger partial charge is 0.306 e. The molecule has 0 atom stereocenters. The van der Waals surface area contributed by atoms with Gasteiger partial charge in [0.15, 0.2) is 0 Å². The normalized spacial score (nSPS) is 11.8. The van der Waals surface area contributed by atoms with E-state index in [4.69, 9.17) is 0 Å². The minimum Gasteiger partial charge on any atom is -0.306 e. The Morgan fingerprint density at radius 3 is 2.62 bits per heavy atom. The Morgan fingerprint density at radius 1 is 1.14 bits per heavy atom. The molecule has 0 aliphatic carbocycles. The van der Waals surface area contributed by atoms with Crippen molar-refractivity contribution in [2.24, 2.45) is 0 Å². The monoisotopic (exact) mass is 285 g/mol. The van der Waals surface area contributed by atoms with Gasteiger partial charge in [0.2, 0.25) is 0 Å². The predicted octanol–water partition coefficient (Wildman–Crippen LogP) is 3.79. The van der Waals surface area contributed by atoms with E-state index < -0.39 is 0 Å². The molecule has 0 unspecified atom stereocenters. The van der Waals surface area contributed by atoms with Crippen LogP contribution in [0.25, 0.3) is 0 Å². The predicted molar refractivity (Wildman–Crippen MR) is 88.2 cm³/mol. The van der Waals surface area contributed by atoms with Crippen LogP contribution in [-0.2, 0) is 19.5 Å². The third-order valence-electron chi connectivity index (χ3n) is 3.87. The zero-order valence-electron chi connectivity index (χ0n) is 13.5. The minimum atomic E-state index is 0.122. The van der Waals surface area contributed by atoms with Gasteiger partial charge in [-0.3, -0.25) is 4.68 Å². The van der Waals surface area contributed by atoms with E-state index in [0.717, 1.165) is 32.4 Å². The average Bonchev–Trinajstić information content (AvgIpc) is 2.92. The molecule has 0 saturated carbocycles. The van der Waals surface area contributed by atoms with Crippen molar-refractivity contribution < 1.29 is 0 Å². The number of rotatable bonds is 8. The van der Waals surface area contributed by atoms with E-state index in [0.29, 0.717) is 0 Å². The number of hydrogen-bond donors (Lipinski definition) is 1. The highest BCUT2D eigenvalue weighted by Crippen LogP contribution is 2.14. The maximum atomic E-state index is 4.38. The SMILES string of the molecule is CCCn1nccc1CNC(C)(C)CCc1ccccc1. The summed E-state index contributed by atoms with van der Waals surface area (Å²) in [4.78, 5) is 0. The molecular formula is C18H27N3. The van der Waals surface area contributed by atoms with Crippen LogP contribution in [0.3, 0.4) is 0 Å². The summed E-state index contributed by atoms with van der Waals surface area (Å²) in [5.74, 6) is 0. The molecule has 2 rings (SSSR count). The number of nitrogens with one attached hydrogen (secondary N) is 1. The highest BCUT2D eigenvalue weighted by Gasteiger charge is 2.17. The zero-order chi connectivity index (χ0) is 15.1. The van der Waals surface area contributed by atoms with Crippen LogP contribution >= 0.6 is 0 Å². The summed E-state index contributed by atoms with van der Waals surface area (Å²) in [6.45, 7) is 8.60. The summed E-state index contributed by atoms with van der Waals surface area (Å²) in [6.07, 6.45) is 5.24. The summed E-state index contributed by atoms with van der Waals surface area (Å²) in [5, 5.41) is 8.05. The first kappa shape index (κ1) is 15.8. The quantitative estimate of drug-likeness (QED) is 0.799. The maximum absolute atomic E-state index is 4.38. The van der Waals surface area contributed by atoms with Crippen LogP contribution in [0, 0.1) is 0 Å². The molecule has 0 aliphatic rings. The molecule has 114 valence electrons. The highest BCUT2D eigenvalue weighted by molar-refractivity contribution is 5.15. The van der Waals surface area contributed by atoms with Crippen LogP contribution in [0.1, 0.15) is 44.9 Å². The molecule has 1 aromatic carbocycles. The van der Waals surface area contributed by atoms with Crippen LogP contribution in [0.15, 0.2) is 42.6 Å². The highest BCUT2D eigenvalue weighted by atomic mass is 15.3. The summed E-state index contributed by atoms with van der Waals surface area (Å²) in [5.41, 5.74) is 2.80. The lowest BCUT2D eigenvalue weighted by Gasteiger charge is -2.26. The van der Waals surface area contributed by atoms with Gasteiger partial charge < -0.3 is 5.32 Å². The van der Waals surface area contributed by atoms with Crippen molar-refractivity contribution >= 4 is 0 Å². The molecule has 3 heteroatoms. The summed E-state index contributed by atoms with van der Waals surface area (Å²) in [7, 11) is 0. The van der Waals surface area contributed by atoms with E-state index in [2.05, 4.69) is 72.3 Å². The summed E-state index contributed by atoms with van der Waals surface area (Å²) < 4.78 is 2.10. The molecular weight excluding hydrogens is 258 g/mol. The molecule has 0 aliphatic heterocycles. The standard InChI is InChI=1S/C18H27N3/c1-4-14-21-17(11-13-20-21)15-19-18(2,3)12-10-16-8-6-5-7-9-16/h5-9,11,13,19H,4,10,12,14-15H2,1-3H3. The Labute approximate surface area is 128 Å². The van der Waals surface area contributed by atoms with E-state index in [9.17, 15) is 0 Å². The van der Waals surface area contributed by atoms with Gasteiger partial charge in [-0.15, -0.1) is 0 Å². The third kappa shape index (κ3) is 5.01. The van der Waals surface area contributed by atoms with Gasteiger partial charge in [-0.2, -0.15) is 5.10 Å². The first-order chi connectivity index (χ1) is 10.1. The van der Waals surface area contributed by atoms with Gasteiger partial charge in [-0.05, 0) is 44.7 Å². The van der Waals surface area contributed by atoms with Crippen LogP contribution < -0.4 is 5.32 Å². The Kier molecular flexibility index (Phi) is 5.57. The molecule has 1 aromatic heterocycles. The Hall–Kier alpha value is -1.61. The first-order valence-corrected chi connectivity index (χ1v) is 7.90. The van der Waals surface area contributed by atoms with E-state index >= 15 is 0 Å². The second kappa shape index (κ2) is 7.41. The van der Waals surface area contributed by atoms with Gasteiger partial charge in [0.05, 0.1) is 5.69 Å². The van der Waals surface area contributed by atoms with Gasteiger partial charge in [0, 0.05) is 24.8 Å². The molecule has 0 saturated heterocycles. The number of aromatic nitrogens is 2. The topological polar surface area (TPSA) is 29.9 Å². The Balaban J connectivity index is 1.84. The first-order valence-electron chi connectivity index (χ1n) is 7.90. The van der Waals surface area contributed by atoms with Crippen molar-refractivity contribution in [3.63, 3.8) is 0 Å². The van der Waals surface area contributed by atoms with Crippen molar-refractivity contribution in [1.29, 1.82) is 0 Å².